The largest absolute Gasteiger partial charge is 0.313 e. The molecule has 0 saturated heterocycles. The van der Waals surface area contributed by atoms with Crippen molar-refractivity contribution in [3.8, 4) is 16.8 Å². The fourth-order valence-corrected chi connectivity index (χ4v) is 11.3. The van der Waals surface area contributed by atoms with Crippen LogP contribution in [-0.4, -0.2) is 4.57 Å². The smallest absolute Gasteiger partial charge is 0.0538 e. The molecule has 0 N–H and O–H groups in total. The van der Waals surface area contributed by atoms with E-state index in [-0.39, 0.29) is 0 Å². The van der Waals surface area contributed by atoms with Gasteiger partial charge in [-0.15, -0.1) is 10.0 Å². The Kier molecular flexibility index (Phi) is 6.93. The minimum Gasteiger partial charge on any atom is -0.313 e. The van der Waals surface area contributed by atoms with E-state index in [1.165, 1.54) is 58.6 Å². The molecule has 214 valence electrons. The minimum atomic E-state index is -1.85. The molecule has 0 radical (unpaired) electrons. The van der Waals surface area contributed by atoms with Gasteiger partial charge in [0.15, 0.2) is 0 Å². The Morgan fingerprint density at radius 1 is 0.568 bits per heavy atom. The highest BCUT2D eigenvalue weighted by Gasteiger charge is 2.37. The van der Waals surface area contributed by atoms with Crippen LogP contribution in [0, 0.1) is 0 Å². The number of rotatable bonds is 6. The Balaban J connectivity index is 1.49. The summed E-state index contributed by atoms with van der Waals surface area (Å²) in [6.45, 7) is 0. The highest BCUT2D eigenvalue weighted by atomic mass is 32.3. The van der Waals surface area contributed by atoms with Crippen LogP contribution in [0.3, 0.4) is 0 Å². The lowest BCUT2D eigenvalue weighted by Crippen LogP contribution is -2.09. The van der Waals surface area contributed by atoms with E-state index in [0.717, 1.165) is 25.7 Å². The molecule has 0 saturated carbocycles. The summed E-state index contributed by atoms with van der Waals surface area (Å²) in [7, 11) is -1.85. The van der Waals surface area contributed by atoms with Crippen LogP contribution in [0.25, 0.3) is 33.8 Å². The number of hydrogen-bond donors (Lipinski definition) is 0. The maximum atomic E-state index is 2.54. The number of benzene rings is 5. The first-order valence-corrected chi connectivity index (χ1v) is 17.3. The highest BCUT2D eigenvalue weighted by Crippen LogP contribution is 2.75. The average Bonchev–Trinajstić information content (AvgIpc) is 3.44. The molecule has 1 nitrogen and oxygen atoms in total. The molecule has 0 spiro atoms. The fourth-order valence-electron chi connectivity index (χ4n) is 7.08. The highest BCUT2D eigenvalue weighted by molar-refractivity contribution is 8.37. The van der Waals surface area contributed by atoms with Gasteiger partial charge in [-0.2, -0.15) is 0 Å². The molecule has 8 rings (SSSR count). The molecule has 44 heavy (non-hydrogen) atoms. The minimum absolute atomic E-state index is 1.05. The van der Waals surface area contributed by atoms with Gasteiger partial charge in [-0.1, -0.05) is 115 Å². The summed E-state index contributed by atoms with van der Waals surface area (Å²) in [5, 5.41) is 1.34. The summed E-state index contributed by atoms with van der Waals surface area (Å²) in [5.41, 5.74) is 7.84. The van der Waals surface area contributed by atoms with E-state index >= 15 is 0 Å². The van der Waals surface area contributed by atoms with Gasteiger partial charge in [0.05, 0.1) is 5.52 Å². The number of fused-ring (bicyclic) bond motifs is 3. The standard InChI is InChI=1S/C42H35NS/c1-5-17-32(18-6-1)37-25-14-16-28-42(37)44(34-21-9-3-10-22-34,35-23-11-4-12-24-35)36-29-30-41-39(31-36)38-26-13-15-27-40(38)43(41)33-19-7-2-8-20-33/h1-3,5-11,13-14,16-26,28-31H,4,12,15,27H2. The molecule has 1 unspecified atom stereocenters. The van der Waals surface area contributed by atoms with Crippen molar-refractivity contribution in [3.05, 3.63) is 174 Å². The molecule has 6 aromatic rings. The van der Waals surface area contributed by atoms with Crippen LogP contribution in [0.5, 0.6) is 0 Å². The van der Waals surface area contributed by atoms with Crippen LogP contribution >= 0.6 is 10.0 Å². The molecular weight excluding hydrogens is 551 g/mol. The van der Waals surface area contributed by atoms with Gasteiger partial charge in [0.2, 0.25) is 0 Å². The number of nitrogens with zero attached hydrogens (tertiary/aromatic N) is 1. The molecule has 0 bridgehead atoms. The molecular formula is C42H35NS. The summed E-state index contributed by atoms with van der Waals surface area (Å²) < 4.78 is 2.50. The van der Waals surface area contributed by atoms with Crippen molar-refractivity contribution < 1.29 is 0 Å². The molecule has 1 atom stereocenters. The first-order valence-electron chi connectivity index (χ1n) is 15.6. The van der Waals surface area contributed by atoms with Crippen molar-refractivity contribution in [1.82, 2.24) is 4.57 Å². The molecule has 0 amide bonds. The third-order valence-electron chi connectivity index (χ3n) is 8.99. The number of para-hydroxylation sites is 1. The lowest BCUT2D eigenvalue weighted by Gasteiger charge is -2.44. The molecule has 2 aliphatic carbocycles. The molecule has 1 aromatic heterocycles. The van der Waals surface area contributed by atoms with E-state index in [0.29, 0.717) is 0 Å². The summed E-state index contributed by atoms with van der Waals surface area (Å²) in [5.74, 6) is 0. The van der Waals surface area contributed by atoms with Gasteiger partial charge >= 0.3 is 0 Å². The quantitative estimate of drug-likeness (QED) is 0.183. The van der Waals surface area contributed by atoms with Gasteiger partial charge in [0.1, 0.15) is 0 Å². The van der Waals surface area contributed by atoms with E-state index in [9.17, 15) is 0 Å². The van der Waals surface area contributed by atoms with Crippen LogP contribution in [0.15, 0.2) is 177 Å². The monoisotopic (exact) mass is 585 g/mol. The second-order valence-corrected chi connectivity index (χ2v) is 14.6. The van der Waals surface area contributed by atoms with Crippen molar-refractivity contribution in [2.75, 3.05) is 0 Å². The van der Waals surface area contributed by atoms with Crippen LogP contribution < -0.4 is 0 Å². The predicted octanol–water partition coefficient (Wildman–Crippen LogP) is 11.8. The van der Waals surface area contributed by atoms with Gasteiger partial charge in [-0.3, -0.25) is 0 Å². The second kappa shape index (κ2) is 11.4. The molecule has 0 aliphatic heterocycles. The Morgan fingerprint density at radius 2 is 1.27 bits per heavy atom. The van der Waals surface area contributed by atoms with E-state index in [2.05, 4.69) is 168 Å². The van der Waals surface area contributed by atoms with Gasteiger partial charge in [0, 0.05) is 37.0 Å². The summed E-state index contributed by atoms with van der Waals surface area (Å²) in [6, 6.07) is 49.6. The van der Waals surface area contributed by atoms with Gasteiger partial charge < -0.3 is 4.57 Å². The van der Waals surface area contributed by atoms with Gasteiger partial charge in [-0.05, 0) is 90.2 Å². The molecule has 2 heteroatoms. The maximum absolute atomic E-state index is 2.54. The van der Waals surface area contributed by atoms with E-state index in [1.807, 2.05) is 0 Å². The van der Waals surface area contributed by atoms with E-state index < -0.39 is 10.0 Å². The lowest BCUT2D eigenvalue weighted by atomic mass is 10.0. The van der Waals surface area contributed by atoms with Crippen LogP contribution in [0.1, 0.15) is 30.5 Å². The topological polar surface area (TPSA) is 4.93 Å². The van der Waals surface area contributed by atoms with Crippen LogP contribution in [-0.2, 0) is 6.42 Å². The van der Waals surface area contributed by atoms with Crippen molar-refractivity contribution in [1.29, 1.82) is 0 Å². The first kappa shape index (κ1) is 26.8. The summed E-state index contributed by atoms with van der Waals surface area (Å²) in [6.07, 6.45) is 16.3. The number of allylic oxidation sites excluding steroid dienone is 4. The molecule has 2 aliphatic rings. The maximum Gasteiger partial charge on any atom is 0.0538 e. The van der Waals surface area contributed by atoms with Gasteiger partial charge in [0.25, 0.3) is 0 Å². The van der Waals surface area contributed by atoms with Crippen molar-refractivity contribution in [2.45, 2.75) is 40.4 Å². The van der Waals surface area contributed by atoms with E-state index in [1.54, 1.807) is 0 Å². The first-order chi connectivity index (χ1) is 21.9. The Morgan fingerprint density at radius 3 is 2.05 bits per heavy atom. The summed E-state index contributed by atoms with van der Waals surface area (Å²) in [4.78, 5) is 5.56. The predicted molar refractivity (Wildman–Crippen MR) is 188 cm³/mol. The van der Waals surface area contributed by atoms with Crippen molar-refractivity contribution >= 4 is 27.0 Å². The fraction of sp³-hybridized carbons (Fsp3) is 0.0952. The summed E-state index contributed by atoms with van der Waals surface area (Å²) >= 11 is 0. The normalized spacial score (nSPS) is 16.2. The second-order valence-electron chi connectivity index (χ2n) is 11.5. The third kappa shape index (κ3) is 4.32. The Labute approximate surface area is 261 Å². The van der Waals surface area contributed by atoms with Gasteiger partial charge in [-0.25, -0.2) is 0 Å². The third-order valence-corrected chi connectivity index (χ3v) is 13.0. The zero-order chi connectivity index (χ0) is 29.3. The van der Waals surface area contributed by atoms with Crippen LogP contribution in [0.4, 0.5) is 0 Å². The zero-order valence-electron chi connectivity index (χ0n) is 24.8. The average molecular weight is 586 g/mol. The Hall–Kier alpha value is -4.79. The lowest BCUT2D eigenvalue weighted by molar-refractivity contribution is 0.888. The van der Waals surface area contributed by atoms with E-state index in [4.69, 9.17) is 0 Å². The Bertz CT molecular complexity index is 2050. The van der Waals surface area contributed by atoms with Crippen molar-refractivity contribution in [2.24, 2.45) is 0 Å². The van der Waals surface area contributed by atoms with Crippen molar-refractivity contribution in [3.63, 3.8) is 0 Å². The molecule has 1 heterocycles. The molecule has 0 fully saturated rings. The number of aromatic nitrogens is 1. The number of hydrogen-bond acceptors (Lipinski definition) is 0. The zero-order valence-corrected chi connectivity index (χ0v) is 25.6. The molecule has 5 aromatic carbocycles. The van der Waals surface area contributed by atoms with Crippen LogP contribution in [0.2, 0.25) is 0 Å². The SMILES string of the molecule is C1=CC(S(c2ccccc2)(c2ccc3c(c2)c2c(n3-c3ccccc3)CCC=C2)c2ccccc2-c2ccccc2)=CCC1.